The molecule has 102 valence electrons. The molecule has 0 saturated carbocycles. The van der Waals surface area contributed by atoms with Crippen LogP contribution >= 0.6 is 0 Å². The fraction of sp³-hybridized carbons (Fsp3) is 0.286. The molecule has 0 amide bonds. The first-order valence-corrected chi connectivity index (χ1v) is 5.74. The first-order valence-electron chi connectivity index (χ1n) is 5.74. The van der Waals surface area contributed by atoms with Gasteiger partial charge in [-0.2, -0.15) is 0 Å². The molecule has 8 heteroatoms. The molecule has 1 aromatic carbocycles. The van der Waals surface area contributed by atoms with Crippen LogP contribution in [-0.2, 0) is 16.0 Å². The summed E-state index contributed by atoms with van der Waals surface area (Å²) >= 11 is 0. The van der Waals surface area contributed by atoms with Crippen molar-refractivity contribution in [1.82, 2.24) is 0 Å². The van der Waals surface area contributed by atoms with Gasteiger partial charge < -0.3 is 24.9 Å². The predicted molar refractivity (Wildman–Crippen MR) is 61.5 cm³/mol. The molecule has 0 spiro atoms. The van der Waals surface area contributed by atoms with Crippen LogP contribution in [0.3, 0.4) is 0 Å². The largest absolute Gasteiger partial charge is 1.00 e. The summed E-state index contributed by atoms with van der Waals surface area (Å²) in [6.45, 7) is 3.13. The van der Waals surface area contributed by atoms with E-state index in [1.807, 2.05) is 0 Å². The summed E-state index contributed by atoms with van der Waals surface area (Å²) in [5.74, 6) is -3.77. The summed E-state index contributed by atoms with van der Waals surface area (Å²) in [7, 11) is 0. The SMILES string of the molecule is CC(C)C(C(=O)[O-])=C(Cc1ccc([O-])cc1)C(=O)[O-].[Na+].[Na+].[Na+]. The number of rotatable bonds is 5. The van der Waals surface area contributed by atoms with Crippen molar-refractivity contribution in [2.24, 2.45) is 5.92 Å². The number of hydrogen-bond donors (Lipinski definition) is 0. The smallest absolute Gasteiger partial charge is 0.872 e. The average Bonchev–Trinajstić information content (AvgIpc) is 2.29. The molecule has 0 radical (unpaired) electrons. The van der Waals surface area contributed by atoms with E-state index in [0.717, 1.165) is 0 Å². The van der Waals surface area contributed by atoms with E-state index in [9.17, 15) is 24.9 Å². The molecule has 0 heterocycles. The minimum Gasteiger partial charge on any atom is -0.872 e. The first-order chi connectivity index (χ1) is 8.82. The van der Waals surface area contributed by atoms with Crippen LogP contribution in [0.2, 0.25) is 0 Å². The summed E-state index contributed by atoms with van der Waals surface area (Å²) < 4.78 is 0. The number of carbonyl (C=O) groups is 2. The Morgan fingerprint density at radius 1 is 0.955 bits per heavy atom. The Morgan fingerprint density at radius 3 is 1.73 bits per heavy atom. The molecule has 0 aliphatic rings. The average molecular weight is 330 g/mol. The molecule has 0 unspecified atom stereocenters. The van der Waals surface area contributed by atoms with Gasteiger partial charge in [-0.05, 0) is 29.0 Å². The monoisotopic (exact) mass is 330 g/mol. The van der Waals surface area contributed by atoms with Gasteiger partial charge in [0.05, 0.1) is 11.9 Å². The van der Waals surface area contributed by atoms with Crippen LogP contribution in [0.4, 0.5) is 0 Å². The van der Waals surface area contributed by atoms with Gasteiger partial charge in [-0.3, -0.25) is 0 Å². The summed E-state index contributed by atoms with van der Waals surface area (Å²) in [5, 5.41) is 33.1. The molecule has 0 bridgehead atoms. The molecule has 0 aromatic heterocycles. The molecule has 0 atom stereocenters. The maximum atomic E-state index is 11.1. The molecular formula is C14H13Na3O5. The summed E-state index contributed by atoms with van der Waals surface area (Å²) in [6.07, 6.45) is -0.121. The van der Waals surface area contributed by atoms with E-state index in [0.29, 0.717) is 5.56 Å². The predicted octanol–water partition coefficient (Wildman–Crippen LogP) is -10.2. The molecule has 0 fully saturated rings. The first kappa shape index (κ1) is 27.5. The number of carbonyl (C=O) groups excluding carboxylic acids is 2. The van der Waals surface area contributed by atoms with Crippen molar-refractivity contribution in [3.63, 3.8) is 0 Å². The Balaban J connectivity index is -0.00000120. The van der Waals surface area contributed by atoms with Crippen molar-refractivity contribution in [1.29, 1.82) is 0 Å². The molecule has 0 N–H and O–H groups in total. The summed E-state index contributed by atoms with van der Waals surface area (Å²) in [5.41, 5.74) is -0.0851. The van der Waals surface area contributed by atoms with Gasteiger partial charge in [0.15, 0.2) is 0 Å². The van der Waals surface area contributed by atoms with Crippen LogP contribution in [0.15, 0.2) is 35.4 Å². The Kier molecular flexibility index (Phi) is 16.3. The van der Waals surface area contributed by atoms with Gasteiger partial charge in [0.1, 0.15) is 0 Å². The van der Waals surface area contributed by atoms with Crippen LogP contribution in [0.25, 0.3) is 0 Å². The number of hydrogen-bond acceptors (Lipinski definition) is 5. The van der Waals surface area contributed by atoms with Crippen LogP contribution in [0.1, 0.15) is 19.4 Å². The molecule has 5 nitrogen and oxygen atoms in total. The number of carboxylic acid groups (broad SMARTS) is 2. The number of carboxylic acids is 2. The van der Waals surface area contributed by atoms with Crippen molar-refractivity contribution in [2.45, 2.75) is 20.3 Å². The molecule has 1 rings (SSSR count). The third-order valence-corrected chi connectivity index (χ3v) is 2.67. The maximum absolute atomic E-state index is 11.1. The van der Waals surface area contributed by atoms with E-state index in [1.54, 1.807) is 13.8 Å². The van der Waals surface area contributed by atoms with E-state index in [1.165, 1.54) is 24.3 Å². The van der Waals surface area contributed by atoms with Gasteiger partial charge in [0, 0.05) is 0 Å². The zero-order valence-electron chi connectivity index (χ0n) is 13.6. The Morgan fingerprint density at radius 2 is 1.41 bits per heavy atom. The molecule has 0 saturated heterocycles. The van der Waals surface area contributed by atoms with E-state index in [2.05, 4.69) is 0 Å². The van der Waals surface area contributed by atoms with E-state index < -0.39 is 17.9 Å². The van der Waals surface area contributed by atoms with Gasteiger partial charge >= 0.3 is 88.7 Å². The third kappa shape index (κ3) is 8.52. The van der Waals surface area contributed by atoms with E-state index in [4.69, 9.17) is 0 Å². The zero-order chi connectivity index (χ0) is 14.6. The Labute approximate surface area is 196 Å². The van der Waals surface area contributed by atoms with Gasteiger partial charge in [0.25, 0.3) is 0 Å². The van der Waals surface area contributed by atoms with Crippen LogP contribution in [-0.4, -0.2) is 11.9 Å². The van der Waals surface area contributed by atoms with Crippen LogP contribution in [0, 0.1) is 5.92 Å². The van der Waals surface area contributed by atoms with Crippen LogP contribution < -0.4 is 104 Å². The van der Waals surface area contributed by atoms with Crippen LogP contribution in [0.5, 0.6) is 5.75 Å². The Hall–Kier alpha value is 0.700. The van der Waals surface area contributed by atoms with Gasteiger partial charge in [0.2, 0.25) is 0 Å². The van der Waals surface area contributed by atoms with Crippen molar-refractivity contribution < 1.29 is 114 Å². The fourth-order valence-electron chi connectivity index (χ4n) is 1.80. The summed E-state index contributed by atoms with van der Waals surface area (Å²) in [4.78, 5) is 22.1. The fourth-order valence-corrected chi connectivity index (χ4v) is 1.80. The second kappa shape index (κ2) is 13.0. The minimum absolute atomic E-state index is 0. The molecule has 1 aromatic rings. The van der Waals surface area contributed by atoms with Gasteiger partial charge in [-0.25, -0.2) is 0 Å². The minimum atomic E-state index is -1.54. The molecule has 0 aliphatic heterocycles. The quantitative estimate of drug-likeness (QED) is 0.394. The van der Waals surface area contributed by atoms with Crippen molar-refractivity contribution in [2.75, 3.05) is 0 Å². The molecular weight excluding hydrogens is 317 g/mol. The number of aliphatic carboxylic acids is 2. The van der Waals surface area contributed by atoms with E-state index in [-0.39, 0.29) is 112 Å². The van der Waals surface area contributed by atoms with Gasteiger partial charge in [-0.15, -0.1) is 5.75 Å². The second-order valence-electron chi connectivity index (χ2n) is 4.44. The topological polar surface area (TPSA) is 103 Å². The normalized spacial score (nSPS) is 10.5. The molecule has 0 aliphatic carbocycles. The zero-order valence-corrected chi connectivity index (χ0v) is 19.6. The standard InChI is InChI=1S/C14H16O5.3Na/c1-8(2)12(14(18)19)11(13(16)17)7-9-3-5-10(15)6-4-9;;;/h3-6,8,15H,7H2,1-2H3,(H,16,17)(H,18,19);;;/q;3*+1/p-3. The Bertz CT molecular complexity index is 524. The third-order valence-electron chi connectivity index (χ3n) is 2.67. The van der Waals surface area contributed by atoms with Crippen molar-refractivity contribution in [3.05, 3.63) is 41.0 Å². The van der Waals surface area contributed by atoms with Crippen molar-refractivity contribution in [3.8, 4) is 5.75 Å². The van der Waals surface area contributed by atoms with Gasteiger partial charge in [-0.1, -0.05) is 38.1 Å². The van der Waals surface area contributed by atoms with E-state index >= 15 is 0 Å². The summed E-state index contributed by atoms with van der Waals surface area (Å²) in [6, 6.07) is 5.49. The second-order valence-corrected chi connectivity index (χ2v) is 4.44. The number of benzene rings is 1. The maximum Gasteiger partial charge on any atom is 1.00 e. The van der Waals surface area contributed by atoms with Crippen molar-refractivity contribution >= 4 is 11.9 Å². The molecule has 22 heavy (non-hydrogen) atoms.